The molecule has 0 spiro atoms. The minimum atomic E-state index is -0.378. The predicted octanol–water partition coefficient (Wildman–Crippen LogP) is 1.44. The van der Waals surface area contributed by atoms with E-state index in [4.69, 9.17) is 17.3 Å². The SMILES string of the molecule is CC1CCC=C(C(N)=O)C1Cl. The Hall–Kier alpha value is -0.500. The van der Waals surface area contributed by atoms with Crippen LogP contribution in [0.25, 0.3) is 0 Å². The number of rotatable bonds is 1. The average molecular weight is 174 g/mol. The van der Waals surface area contributed by atoms with Crippen LogP contribution in [-0.4, -0.2) is 11.3 Å². The minimum absolute atomic E-state index is 0.179. The van der Waals surface area contributed by atoms with Gasteiger partial charge in [-0.1, -0.05) is 13.0 Å². The summed E-state index contributed by atoms with van der Waals surface area (Å²) in [6.45, 7) is 2.04. The van der Waals surface area contributed by atoms with Crippen molar-refractivity contribution in [1.29, 1.82) is 0 Å². The zero-order chi connectivity index (χ0) is 8.43. The van der Waals surface area contributed by atoms with E-state index in [1.54, 1.807) is 0 Å². The van der Waals surface area contributed by atoms with Gasteiger partial charge in [0.25, 0.3) is 0 Å². The van der Waals surface area contributed by atoms with Crippen LogP contribution in [0.4, 0.5) is 0 Å². The first kappa shape index (κ1) is 8.60. The Bertz CT molecular complexity index is 200. The number of allylic oxidation sites excluding steroid dienone is 1. The van der Waals surface area contributed by atoms with Gasteiger partial charge in [0.2, 0.25) is 5.91 Å². The summed E-state index contributed by atoms with van der Waals surface area (Å²) in [5.74, 6) is -0.0132. The van der Waals surface area contributed by atoms with Crippen LogP contribution in [0.2, 0.25) is 0 Å². The predicted molar refractivity (Wildman–Crippen MR) is 45.3 cm³/mol. The molecule has 0 aromatic heterocycles. The fourth-order valence-corrected chi connectivity index (χ4v) is 1.63. The lowest BCUT2D eigenvalue weighted by molar-refractivity contribution is -0.114. The maximum absolute atomic E-state index is 10.8. The molecule has 0 aromatic rings. The summed E-state index contributed by atoms with van der Waals surface area (Å²) < 4.78 is 0. The molecule has 1 amide bonds. The average Bonchev–Trinajstić information content (AvgIpc) is 1.94. The summed E-state index contributed by atoms with van der Waals surface area (Å²) in [5.41, 5.74) is 5.72. The molecule has 2 nitrogen and oxygen atoms in total. The van der Waals surface area contributed by atoms with Gasteiger partial charge in [0, 0.05) is 5.57 Å². The fraction of sp³-hybridized carbons (Fsp3) is 0.625. The van der Waals surface area contributed by atoms with Gasteiger partial charge in [-0.15, -0.1) is 11.6 Å². The third kappa shape index (κ3) is 1.74. The molecule has 0 saturated heterocycles. The Kier molecular flexibility index (Phi) is 2.55. The first-order chi connectivity index (χ1) is 5.13. The maximum atomic E-state index is 10.8. The van der Waals surface area contributed by atoms with Crippen LogP contribution in [0.3, 0.4) is 0 Å². The lowest BCUT2D eigenvalue weighted by atomic mass is 9.89. The van der Waals surface area contributed by atoms with Gasteiger partial charge in [-0.05, 0) is 18.8 Å². The molecule has 0 saturated carbocycles. The van der Waals surface area contributed by atoms with Gasteiger partial charge < -0.3 is 5.73 Å². The summed E-state index contributed by atoms with van der Waals surface area (Å²) in [5, 5.41) is -0.179. The topological polar surface area (TPSA) is 43.1 Å². The molecular formula is C8H12ClNO. The first-order valence-corrected chi connectivity index (χ1v) is 4.20. The quantitative estimate of drug-likeness (QED) is 0.599. The number of hydrogen-bond acceptors (Lipinski definition) is 1. The number of carbonyl (C=O) groups excluding carboxylic acids is 1. The molecule has 11 heavy (non-hydrogen) atoms. The molecule has 0 bridgehead atoms. The van der Waals surface area contributed by atoms with E-state index < -0.39 is 0 Å². The van der Waals surface area contributed by atoms with E-state index in [1.807, 2.05) is 13.0 Å². The van der Waals surface area contributed by atoms with Crippen molar-refractivity contribution in [2.24, 2.45) is 11.7 Å². The summed E-state index contributed by atoms with van der Waals surface area (Å²) in [7, 11) is 0. The van der Waals surface area contributed by atoms with E-state index in [2.05, 4.69) is 0 Å². The number of primary amides is 1. The normalized spacial score (nSPS) is 31.3. The highest BCUT2D eigenvalue weighted by Gasteiger charge is 2.25. The second kappa shape index (κ2) is 3.26. The minimum Gasteiger partial charge on any atom is -0.366 e. The number of amides is 1. The molecule has 2 unspecified atom stereocenters. The smallest absolute Gasteiger partial charge is 0.245 e. The van der Waals surface area contributed by atoms with Gasteiger partial charge in [-0.3, -0.25) is 4.79 Å². The van der Waals surface area contributed by atoms with Gasteiger partial charge in [0.15, 0.2) is 0 Å². The monoisotopic (exact) mass is 173 g/mol. The largest absolute Gasteiger partial charge is 0.366 e. The van der Waals surface area contributed by atoms with Crippen molar-refractivity contribution in [2.75, 3.05) is 0 Å². The Morgan fingerprint density at radius 2 is 2.45 bits per heavy atom. The molecular weight excluding hydrogens is 162 g/mol. The standard InChI is InChI=1S/C8H12ClNO/c1-5-3-2-4-6(7(5)9)8(10)11/h4-5,7H,2-3H2,1H3,(H2,10,11). The van der Waals surface area contributed by atoms with Gasteiger partial charge in [-0.25, -0.2) is 0 Å². The van der Waals surface area contributed by atoms with Crippen molar-refractivity contribution in [3.05, 3.63) is 11.6 Å². The van der Waals surface area contributed by atoms with Gasteiger partial charge >= 0.3 is 0 Å². The number of nitrogens with two attached hydrogens (primary N) is 1. The molecule has 62 valence electrons. The second-order valence-corrected chi connectivity index (χ2v) is 3.45. The summed E-state index contributed by atoms with van der Waals surface area (Å²) in [4.78, 5) is 10.8. The number of alkyl halides is 1. The first-order valence-electron chi connectivity index (χ1n) is 3.77. The maximum Gasteiger partial charge on any atom is 0.245 e. The molecule has 1 rings (SSSR count). The number of hydrogen-bond donors (Lipinski definition) is 1. The molecule has 1 aliphatic carbocycles. The van der Waals surface area contributed by atoms with Crippen molar-refractivity contribution in [1.82, 2.24) is 0 Å². The van der Waals surface area contributed by atoms with Crippen LogP contribution in [0, 0.1) is 5.92 Å². The Morgan fingerprint density at radius 1 is 1.82 bits per heavy atom. The van der Waals surface area contributed by atoms with Crippen LogP contribution >= 0.6 is 11.6 Å². The molecule has 0 aliphatic heterocycles. The molecule has 0 radical (unpaired) electrons. The van der Waals surface area contributed by atoms with Gasteiger partial charge in [-0.2, -0.15) is 0 Å². The van der Waals surface area contributed by atoms with E-state index in [-0.39, 0.29) is 11.3 Å². The number of halogens is 1. The zero-order valence-corrected chi connectivity index (χ0v) is 7.27. The van der Waals surface area contributed by atoms with E-state index in [0.717, 1.165) is 12.8 Å². The Balaban J connectivity index is 2.78. The van der Waals surface area contributed by atoms with Crippen LogP contribution in [-0.2, 0) is 4.79 Å². The molecule has 0 fully saturated rings. The van der Waals surface area contributed by atoms with E-state index in [1.165, 1.54) is 0 Å². The molecule has 2 N–H and O–H groups in total. The summed E-state index contributed by atoms with van der Waals surface area (Å²) in [6.07, 6.45) is 3.81. The fourth-order valence-electron chi connectivity index (χ4n) is 1.30. The molecule has 0 aromatic carbocycles. The van der Waals surface area contributed by atoms with E-state index in [0.29, 0.717) is 11.5 Å². The highest BCUT2D eigenvalue weighted by atomic mass is 35.5. The Labute approximate surface area is 71.4 Å². The van der Waals surface area contributed by atoms with E-state index >= 15 is 0 Å². The van der Waals surface area contributed by atoms with E-state index in [9.17, 15) is 4.79 Å². The number of carbonyl (C=O) groups is 1. The highest BCUT2D eigenvalue weighted by molar-refractivity contribution is 6.25. The van der Waals surface area contributed by atoms with Crippen molar-refractivity contribution >= 4 is 17.5 Å². The second-order valence-electron chi connectivity index (χ2n) is 2.98. The molecule has 2 atom stereocenters. The lowest BCUT2D eigenvalue weighted by Gasteiger charge is -2.22. The van der Waals surface area contributed by atoms with Crippen LogP contribution < -0.4 is 5.73 Å². The molecule has 0 heterocycles. The van der Waals surface area contributed by atoms with Crippen LogP contribution in [0.5, 0.6) is 0 Å². The van der Waals surface area contributed by atoms with Crippen molar-refractivity contribution in [2.45, 2.75) is 25.1 Å². The summed E-state index contributed by atoms with van der Waals surface area (Å²) in [6, 6.07) is 0. The summed E-state index contributed by atoms with van der Waals surface area (Å²) >= 11 is 5.96. The highest BCUT2D eigenvalue weighted by Crippen LogP contribution is 2.28. The molecule has 3 heteroatoms. The van der Waals surface area contributed by atoms with Crippen molar-refractivity contribution in [3.8, 4) is 0 Å². The third-order valence-electron chi connectivity index (χ3n) is 2.07. The van der Waals surface area contributed by atoms with Gasteiger partial charge in [0.1, 0.15) is 0 Å². The van der Waals surface area contributed by atoms with Crippen LogP contribution in [0.15, 0.2) is 11.6 Å². The van der Waals surface area contributed by atoms with Crippen LogP contribution in [0.1, 0.15) is 19.8 Å². The third-order valence-corrected chi connectivity index (χ3v) is 2.73. The lowest BCUT2D eigenvalue weighted by Crippen LogP contribution is -2.27. The van der Waals surface area contributed by atoms with Crippen molar-refractivity contribution in [3.63, 3.8) is 0 Å². The zero-order valence-electron chi connectivity index (χ0n) is 6.51. The molecule has 1 aliphatic rings. The van der Waals surface area contributed by atoms with Gasteiger partial charge in [0.05, 0.1) is 5.38 Å². The van der Waals surface area contributed by atoms with Crippen molar-refractivity contribution < 1.29 is 4.79 Å². The Morgan fingerprint density at radius 3 is 2.91 bits per heavy atom.